The van der Waals surface area contributed by atoms with E-state index in [1.54, 1.807) is 0 Å². The van der Waals surface area contributed by atoms with Crippen LogP contribution in [0.3, 0.4) is 0 Å². The highest BCUT2D eigenvalue weighted by Crippen LogP contribution is 2.31. The first-order chi connectivity index (χ1) is 7.47. The van der Waals surface area contributed by atoms with E-state index in [0.717, 1.165) is 13.0 Å². The predicted octanol–water partition coefficient (Wildman–Crippen LogP) is 2.82. The zero-order valence-corrected chi connectivity index (χ0v) is 11.2. The van der Waals surface area contributed by atoms with E-state index >= 15 is 0 Å². The second-order valence-corrected chi connectivity index (χ2v) is 4.87. The summed E-state index contributed by atoms with van der Waals surface area (Å²) in [5, 5.41) is 0. The first kappa shape index (κ1) is 13.0. The lowest BCUT2D eigenvalue weighted by Crippen LogP contribution is -2.14. The summed E-state index contributed by atoms with van der Waals surface area (Å²) >= 11 is 0. The molecule has 0 aliphatic rings. The van der Waals surface area contributed by atoms with Gasteiger partial charge >= 0.3 is 0 Å². The molecule has 2 nitrogen and oxygen atoms in total. The summed E-state index contributed by atoms with van der Waals surface area (Å²) in [7, 11) is 4.20. The molecule has 1 rings (SSSR count). The summed E-state index contributed by atoms with van der Waals surface area (Å²) in [4.78, 5) is 2.19. The lowest BCUT2D eigenvalue weighted by molar-refractivity contribution is 0.688. The van der Waals surface area contributed by atoms with Gasteiger partial charge in [0, 0.05) is 19.8 Å². The van der Waals surface area contributed by atoms with Crippen LogP contribution in [-0.4, -0.2) is 20.6 Å². The van der Waals surface area contributed by atoms with E-state index in [9.17, 15) is 0 Å². The van der Waals surface area contributed by atoms with E-state index in [4.69, 9.17) is 5.73 Å². The van der Waals surface area contributed by atoms with Gasteiger partial charge in [0.2, 0.25) is 0 Å². The third-order valence-corrected chi connectivity index (χ3v) is 3.26. The highest BCUT2D eigenvalue weighted by Gasteiger charge is 2.13. The minimum Gasteiger partial charge on any atom is -0.377 e. The molecule has 0 aliphatic heterocycles. The van der Waals surface area contributed by atoms with Crippen molar-refractivity contribution in [2.75, 3.05) is 25.5 Å². The predicted molar refractivity (Wildman–Crippen MR) is 72.3 cm³/mol. The smallest absolute Gasteiger partial charge is 0.0399 e. The van der Waals surface area contributed by atoms with Gasteiger partial charge in [-0.25, -0.2) is 0 Å². The van der Waals surface area contributed by atoms with Crippen LogP contribution in [0.2, 0.25) is 0 Å². The van der Waals surface area contributed by atoms with Crippen LogP contribution in [-0.2, 0) is 0 Å². The maximum atomic E-state index is 5.65. The maximum absolute atomic E-state index is 5.65. The van der Waals surface area contributed by atoms with E-state index < -0.39 is 0 Å². The van der Waals surface area contributed by atoms with Crippen LogP contribution in [0.15, 0.2) is 12.1 Å². The summed E-state index contributed by atoms with van der Waals surface area (Å²) in [6.45, 7) is 7.35. The second kappa shape index (κ2) is 5.35. The van der Waals surface area contributed by atoms with Gasteiger partial charge in [0.25, 0.3) is 0 Å². The molecular formula is C14H24N2. The molecule has 2 N–H and O–H groups in total. The fourth-order valence-corrected chi connectivity index (χ4v) is 2.01. The van der Waals surface area contributed by atoms with Crippen molar-refractivity contribution in [1.29, 1.82) is 0 Å². The topological polar surface area (TPSA) is 29.3 Å². The molecular weight excluding hydrogens is 196 g/mol. The van der Waals surface area contributed by atoms with Crippen molar-refractivity contribution in [3.05, 3.63) is 28.8 Å². The van der Waals surface area contributed by atoms with Crippen LogP contribution in [0, 0.1) is 13.8 Å². The van der Waals surface area contributed by atoms with Gasteiger partial charge in [0.1, 0.15) is 0 Å². The zero-order chi connectivity index (χ0) is 12.3. The fourth-order valence-electron chi connectivity index (χ4n) is 2.01. The molecule has 0 saturated heterocycles. The molecule has 1 aromatic carbocycles. The first-order valence-corrected chi connectivity index (χ1v) is 5.96. The molecule has 1 atom stereocenters. The molecule has 1 unspecified atom stereocenters. The Morgan fingerprint density at radius 1 is 1.19 bits per heavy atom. The normalized spacial score (nSPS) is 12.6. The van der Waals surface area contributed by atoms with Gasteiger partial charge in [-0.05, 0) is 55.5 Å². The standard InChI is InChI=1S/C14H24N2/c1-10(6-7-15)13-8-11(2)12(3)9-14(13)16(4)5/h8-10H,6-7,15H2,1-5H3. The number of benzene rings is 1. The largest absolute Gasteiger partial charge is 0.377 e. The minimum absolute atomic E-state index is 0.529. The van der Waals surface area contributed by atoms with Crippen LogP contribution in [0.5, 0.6) is 0 Å². The van der Waals surface area contributed by atoms with Crippen LogP contribution < -0.4 is 10.6 Å². The third-order valence-electron chi connectivity index (χ3n) is 3.26. The Morgan fingerprint density at radius 2 is 1.75 bits per heavy atom. The molecule has 0 spiro atoms. The summed E-state index contributed by atoms with van der Waals surface area (Å²) in [6, 6.07) is 4.59. The Balaban J connectivity index is 3.19. The van der Waals surface area contributed by atoms with Crippen LogP contribution in [0.1, 0.15) is 36.0 Å². The maximum Gasteiger partial charge on any atom is 0.0399 e. The minimum atomic E-state index is 0.529. The van der Waals surface area contributed by atoms with Crippen molar-refractivity contribution < 1.29 is 0 Å². The molecule has 1 aromatic rings. The van der Waals surface area contributed by atoms with Crippen molar-refractivity contribution >= 4 is 5.69 Å². The van der Waals surface area contributed by atoms with Crippen LogP contribution in [0.4, 0.5) is 5.69 Å². The van der Waals surface area contributed by atoms with Crippen LogP contribution >= 0.6 is 0 Å². The molecule has 0 saturated carbocycles. The Labute approximate surface area is 99.5 Å². The molecule has 0 aromatic heterocycles. The Kier molecular flexibility index (Phi) is 4.36. The molecule has 16 heavy (non-hydrogen) atoms. The van der Waals surface area contributed by atoms with Crippen LogP contribution in [0.25, 0.3) is 0 Å². The van der Waals surface area contributed by atoms with E-state index in [-0.39, 0.29) is 0 Å². The SMILES string of the molecule is Cc1cc(C(C)CCN)c(N(C)C)cc1C. The van der Waals surface area contributed by atoms with Crippen molar-refractivity contribution in [2.24, 2.45) is 5.73 Å². The molecule has 0 aliphatic carbocycles. The summed E-state index contributed by atoms with van der Waals surface area (Å²) in [6.07, 6.45) is 1.04. The number of hydrogen-bond donors (Lipinski definition) is 1. The van der Waals surface area contributed by atoms with Gasteiger partial charge in [-0.2, -0.15) is 0 Å². The zero-order valence-electron chi connectivity index (χ0n) is 11.2. The number of nitrogens with two attached hydrogens (primary N) is 1. The first-order valence-electron chi connectivity index (χ1n) is 5.96. The lowest BCUT2D eigenvalue weighted by Gasteiger charge is -2.23. The second-order valence-electron chi connectivity index (χ2n) is 4.87. The van der Waals surface area contributed by atoms with E-state index in [1.165, 1.54) is 22.4 Å². The fraction of sp³-hybridized carbons (Fsp3) is 0.571. The van der Waals surface area contributed by atoms with E-state index in [0.29, 0.717) is 5.92 Å². The summed E-state index contributed by atoms with van der Waals surface area (Å²) < 4.78 is 0. The number of nitrogens with zero attached hydrogens (tertiary/aromatic N) is 1. The van der Waals surface area contributed by atoms with Crippen molar-refractivity contribution in [2.45, 2.75) is 33.1 Å². The molecule has 90 valence electrons. The molecule has 0 amide bonds. The van der Waals surface area contributed by atoms with Gasteiger partial charge < -0.3 is 10.6 Å². The van der Waals surface area contributed by atoms with Gasteiger partial charge in [-0.3, -0.25) is 0 Å². The third kappa shape index (κ3) is 2.76. The van der Waals surface area contributed by atoms with Gasteiger partial charge in [-0.15, -0.1) is 0 Å². The van der Waals surface area contributed by atoms with Gasteiger partial charge in [-0.1, -0.05) is 13.0 Å². The highest BCUT2D eigenvalue weighted by atomic mass is 15.1. The number of aryl methyl sites for hydroxylation is 2. The Morgan fingerprint density at radius 3 is 2.25 bits per heavy atom. The van der Waals surface area contributed by atoms with Gasteiger partial charge in [0.15, 0.2) is 0 Å². The molecule has 0 radical (unpaired) electrons. The van der Waals surface area contributed by atoms with E-state index in [1.807, 2.05) is 0 Å². The lowest BCUT2D eigenvalue weighted by atomic mass is 9.92. The monoisotopic (exact) mass is 220 g/mol. The van der Waals surface area contributed by atoms with Gasteiger partial charge in [0.05, 0.1) is 0 Å². The van der Waals surface area contributed by atoms with E-state index in [2.05, 4.69) is 51.9 Å². The number of hydrogen-bond acceptors (Lipinski definition) is 2. The van der Waals surface area contributed by atoms with Crippen molar-refractivity contribution in [1.82, 2.24) is 0 Å². The molecule has 0 bridgehead atoms. The summed E-state index contributed by atoms with van der Waals surface area (Å²) in [5.41, 5.74) is 11.1. The number of rotatable bonds is 4. The number of anilines is 1. The molecule has 0 heterocycles. The Hall–Kier alpha value is -1.02. The average Bonchev–Trinajstić information content (AvgIpc) is 2.21. The molecule has 0 fully saturated rings. The highest BCUT2D eigenvalue weighted by molar-refractivity contribution is 5.57. The summed E-state index contributed by atoms with van der Waals surface area (Å²) in [5.74, 6) is 0.529. The quantitative estimate of drug-likeness (QED) is 0.845. The van der Waals surface area contributed by atoms with Crippen molar-refractivity contribution in [3.63, 3.8) is 0 Å². The molecule has 2 heteroatoms. The van der Waals surface area contributed by atoms with Crippen molar-refractivity contribution in [3.8, 4) is 0 Å². The average molecular weight is 220 g/mol. The Bertz CT molecular complexity index is 356.